The largest absolute Gasteiger partial charge is 0.493 e. The monoisotopic (exact) mass is 489 g/mol. The number of ether oxygens (including phenoxy) is 2. The average molecular weight is 490 g/mol. The van der Waals surface area contributed by atoms with E-state index in [1.54, 1.807) is 59.9 Å². The summed E-state index contributed by atoms with van der Waals surface area (Å²) in [6.45, 7) is 4.94. The summed E-state index contributed by atoms with van der Waals surface area (Å²) in [6, 6.07) is 12.4. The normalized spacial score (nSPS) is 15.8. The zero-order valence-electron chi connectivity index (χ0n) is 20.6. The Kier molecular flexibility index (Phi) is 6.09. The molecule has 1 aliphatic rings. The maximum atomic E-state index is 13.4. The minimum absolute atomic E-state index is 0.167. The van der Waals surface area contributed by atoms with Gasteiger partial charge in [0.05, 0.1) is 19.9 Å². The topological polar surface area (TPSA) is 102 Å². The lowest BCUT2D eigenvalue weighted by atomic mass is 10.1. The summed E-state index contributed by atoms with van der Waals surface area (Å²) in [7, 11) is 3.17. The second kappa shape index (κ2) is 9.37. The molecule has 1 aliphatic heterocycles. The van der Waals surface area contributed by atoms with Gasteiger partial charge in [0, 0.05) is 43.5 Å². The molecule has 186 valence electrons. The van der Waals surface area contributed by atoms with E-state index in [0.29, 0.717) is 54.0 Å². The van der Waals surface area contributed by atoms with Crippen LogP contribution in [0, 0.1) is 6.92 Å². The van der Waals surface area contributed by atoms with E-state index >= 15 is 0 Å². The fourth-order valence-corrected chi connectivity index (χ4v) is 4.51. The molecule has 10 heteroatoms. The van der Waals surface area contributed by atoms with Crippen LogP contribution >= 0.6 is 0 Å². The number of benzene rings is 1. The standard InChI is InChI=1S/C26H27N5O5/c1-16-15-29(11-12-30(16)26(33)22-7-5-17(2)36-22)25(32)19-14-24-27-10-9-20(31(24)28-19)18-6-8-21(34-3)23(13-18)35-4/h5-10,13-14,16H,11-12,15H2,1-4H3. The zero-order valence-corrected chi connectivity index (χ0v) is 20.6. The molecule has 10 nitrogen and oxygen atoms in total. The van der Waals surface area contributed by atoms with Crippen LogP contribution in [0.25, 0.3) is 16.9 Å². The van der Waals surface area contributed by atoms with E-state index in [1.165, 1.54) is 0 Å². The molecule has 5 rings (SSSR count). The van der Waals surface area contributed by atoms with Crippen molar-refractivity contribution in [1.82, 2.24) is 24.4 Å². The highest BCUT2D eigenvalue weighted by atomic mass is 16.5. The van der Waals surface area contributed by atoms with Crippen LogP contribution in [0.5, 0.6) is 11.5 Å². The number of furan rings is 1. The Hall–Kier alpha value is -4.34. The number of amides is 2. The Morgan fingerprint density at radius 2 is 1.81 bits per heavy atom. The quantitative estimate of drug-likeness (QED) is 0.424. The summed E-state index contributed by atoms with van der Waals surface area (Å²) in [4.78, 5) is 34.0. The van der Waals surface area contributed by atoms with Crippen molar-refractivity contribution in [3.05, 3.63) is 65.9 Å². The molecular formula is C26H27N5O5. The van der Waals surface area contributed by atoms with Gasteiger partial charge in [-0.3, -0.25) is 9.59 Å². The van der Waals surface area contributed by atoms with Crippen molar-refractivity contribution in [2.45, 2.75) is 19.9 Å². The molecule has 3 aromatic heterocycles. The Morgan fingerprint density at radius 3 is 2.50 bits per heavy atom. The first-order chi connectivity index (χ1) is 17.4. The molecule has 0 N–H and O–H groups in total. The lowest BCUT2D eigenvalue weighted by molar-refractivity contribution is 0.0392. The molecule has 1 atom stereocenters. The van der Waals surface area contributed by atoms with Crippen molar-refractivity contribution >= 4 is 17.5 Å². The van der Waals surface area contributed by atoms with Gasteiger partial charge in [0.15, 0.2) is 28.6 Å². The molecular weight excluding hydrogens is 462 g/mol. The van der Waals surface area contributed by atoms with Crippen LogP contribution in [0.3, 0.4) is 0 Å². The first kappa shape index (κ1) is 23.4. The molecule has 1 fully saturated rings. The van der Waals surface area contributed by atoms with Crippen molar-refractivity contribution in [2.24, 2.45) is 0 Å². The number of aryl methyl sites for hydroxylation is 1. The molecule has 0 aliphatic carbocycles. The van der Waals surface area contributed by atoms with E-state index in [9.17, 15) is 9.59 Å². The summed E-state index contributed by atoms with van der Waals surface area (Å²) in [5, 5.41) is 4.59. The van der Waals surface area contributed by atoms with Gasteiger partial charge >= 0.3 is 0 Å². The van der Waals surface area contributed by atoms with Gasteiger partial charge in [-0.2, -0.15) is 5.10 Å². The van der Waals surface area contributed by atoms with Gasteiger partial charge in [0.2, 0.25) is 0 Å². The molecule has 0 saturated carbocycles. The number of piperazine rings is 1. The Labute approximate surface area is 208 Å². The summed E-state index contributed by atoms with van der Waals surface area (Å²) >= 11 is 0. The fraction of sp³-hybridized carbons (Fsp3) is 0.308. The van der Waals surface area contributed by atoms with E-state index in [-0.39, 0.29) is 17.9 Å². The first-order valence-electron chi connectivity index (χ1n) is 11.6. The number of carbonyl (C=O) groups excluding carboxylic acids is 2. The van der Waals surface area contributed by atoms with Crippen molar-refractivity contribution in [1.29, 1.82) is 0 Å². The van der Waals surface area contributed by atoms with Crippen LogP contribution in [-0.4, -0.2) is 76.1 Å². The van der Waals surface area contributed by atoms with Gasteiger partial charge in [0.25, 0.3) is 11.8 Å². The number of carbonyl (C=O) groups is 2. The molecule has 36 heavy (non-hydrogen) atoms. The Bertz CT molecular complexity index is 1440. The maximum Gasteiger partial charge on any atom is 0.289 e. The molecule has 2 amide bonds. The van der Waals surface area contributed by atoms with Gasteiger partial charge in [-0.05, 0) is 50.2 Å². The molecule has 4 heterocycles. The molecule has 0 bridgehead atoms. The number of hydrogen-bond donors (Lipinski definition) is 0. The summed E-state index contributed by atoms with van der Waals surface area (Å²) in [6.07, 6.45) is 1.68. The lowest BCUT2D eigenvalue weighted by Gasteiger charge is -2.39. The predicted octanol–water partition coefficient (Wildman–Crippen LogP) is 3.30. The number of aromatic nitrogens is 3. The minimum Gasteiger partial charge on any atom is -0.493 e. The van der Waals surface area contributed by atoms with E-state index < -0.39 is 0 Å². The number of nitrogens with zero attached hydrogens (tertiary/aromatic N) is 5. The van der Waals surface area contributed by atoms with E-state index in [0.717, 1.165) is 11.3 Å². The van der Waals surface area contributed by atoms with Crippen molar-refractivity contribution in [3.8, 4) is 22.8 Å². The van der Waals surface area contributed by atoms with Gasteiger partial charge in [0.1, 0.15) is 5.76 Å². The van der Waals surface area contributed by atoms with Gasteiger partial charge in [-0.1, -0.05) is 0 Å². The van der Waals surface area contributed by atoms with Gasteiger partial charge in [-0.25, -0.2) is 9.50 Å². The van der Waals surface area contributed by atoms with E-state index in [1.807, 2.05) is 31.2 Å². The summed E-state index contributed by atoms with van der Waals surface area (Å²) in [5.41, 5.74) is 2.46. The summed E-state index contributed by atoms with van der Waals surface area (Å²) < 4.78 is 17.9. The van der Waals surface area contributed by atoms with E-state index in [4.69, 9.17) is 13.9 Å². The minimum atomic E-state index is -0.202. The first-order valence-corrected chi connectivity index (χ1v) is 11.6. The van der Waals surface area contributed by atoms with Crippen LogP contribution in [0.15, 0.2) is 53.1 Å². The van der Waals surface area contributed by atoms with Crippen LogP contribution in [0.1, 0.15) is 33.7 Å². The van der Waals surface area contributed by atoms with Crippen molar-refractivity contribution in [3.63, 3.8) is 0 Å². The maximum absolute atomic E-state index is 13.4. The number of rotatable bonds is 5. The molecule has 4 aromatic rings. The molecule has 1 saturated heterocycles. The molecule has 1 aromatic carbocycles. The molecule has 0 radical (unpaired) electrons. The Balaban J connectivity index is 1.37. The van der Waals surface area contributed by atoms with Gasteiger partial charge < -0.3 is 23.7 Å². The van der Waals surface area contributed by atoms with Crippen LogP contribution < -0.4 is 9.47 Å². The van der Waals surface area contributed by atoms with Crippen LogP contribution in [0.4, 0.5) is 0 Å². The number of fused-ring (bicyclic) bond motifs is 1. The third kappa shape index (κ3) is 4.15. The number of hydrogen-bond acceptors (Lipinski definition) is 7. The highest BCUT2D eigenvalue weighted by molar-refractivity contribution is 5.94. The second-order valence-corrected chi connectivity index (χ2v) is 8.71. The van der Waals surface area contributed by atoms with Crippen LogP contribution in [0.2, 0.25) is 0 Å². The second-order valence-electron chi connectivity index (χ2n) is 8.71. The third-order valence-electron chi connectivity index (χ3n) is 6.38. The predicted molar refractivity (Wildman–Crippen MR) is 131 cm³/mol. The van der Waals surface area contributed by atoms with Crippen molar-refractivity contribution < 1.29 is 23.5 Å². The van der Waals surface area contributed by atoms with E-state index in [2.05, 4.69) is 10.1 Å². The Morgan fingerprint density at radius 1 is 1.00 bits per heavy atom. The van der Waals surface area contributed by atoms with Crippen molar-refractivity contribution in [2.75, 3.05) is 33.9 Å². The number of methoxy groups -OCH3 is 2. The highest BCUT2D eigenvalue weighted by Crippen LogP contribution is 2.32. The highest BCUT2D eigenvalue weighted by Gasteiger charge is 2.32. The lowest BCUT2D eigenvalue weighted by Crippen LogP contribution is -2.55. The average Bonchev–Trinajstić information content (AvgIpc) is 3.53. The van der Waals surface area contributed by atoms with Gasteiger partial charge in [-0.15, -0.1) is 0 Å². The third-order valence-corrected chi connectivity index (χ3v) is 6.38. The summed E-state index contributed by atoms with van der Waals surface area (Å²) in [5.74, 6) is 1.85. The smallest absolute Gasteiger partial charge is 0.289 e. The molecule has 1 unspecified atom stereocenters. The zero-order chi connectivity index (χ0) is 25.4. The SMILES string of the molecule is COc1ccc(-c2ccnc3cc(C(=O)N4CCN(C(=O)c5ccc(C)o5)C(C)C4)nn23)cc1OC. The fourth-order valence-electron chi connectivity index (χ4n) is 4.51. The molecule has 0 spiro atoms. The van der Waals surface area contributed by atoms with Crippen LogP contribution in [-0.2, 0) is 0 Å².